The van der Waals surface area contributed by atoms with Gasteiger partial charge in [0.05, 0.1) is 5.56 Å². The number of hydrogen-bond donors (Lipinski definition) is 3. The van der Waals surface area contributed by atoms with E-state index >= 15 is 0 Å². The number of benzene rings is 1. The molecule has 1 aromatic carbocycles. The first-order valence-corrected chi connectivity index (χ1v) is 9.21. The second-order valence-electron chi connectivity index (χ2n) is 7.06. The van der Waals surface area contributed by atoms with Crippen molar-refractivity contribution in [1.82, 2.24) is 10.6 Å². The van der Waals surface area contributed by atoms with Crippen LogP contribution in [-0.2, 0) is 11.0 Å². The number of rotatable bonds is 8. The number of ether oxygens (including phenoxy) is 1. The van der Waals surface area contributed by atoms with Gasteiger partial charge in [-0.05, 0) is 56.0 Å². The van der Waals surface area contributed by atoms with E-state index in [2.05, 4.69) is 17.6 Å². The number of carbonyl (C=O) groups excluding carboxylic acids is 1. The molecule has 3 N–H and O–H groups in total. The highest BCUT2D eigenvalue weighted by atomic mass is 19.4. The molecule has 1 fully saturated rings. The fourth-order valence-corrected chi connectivity index (χ4v) is 3.19. The van der Waals surface area contributed by atoms with Gasteiger partial charge in [0, 0.05) is 13.0 Å². The fraction of sp³-hybridized carbons (Fsp3) is 0.632. The van der Waals surface area contributed by atoms with Gasteiger partial charge in [0.15, 0.2) is 0 Å². The van der Waals surface area contributed by atoms with E-state index in [1.807, 2.05) is 0 Å². The van der Waals surface area contributed by atoms with Crippen molar-refractivity contribution in [3.8, 4) is 5.75 Å². The molecule has 2 atom stereocenters. The van der Waals surface area contributed by atoms with Crippen molar-refractivity contribution < 1.29 is 27.8 Å². The van der Waals surface area contributed by atoms with Crippen LogP contribution < -0.4 is 15.4 Å². The summed E-state index contributed by atoms with van der Waals surface area (Å²) >= 11 is 0. The van der Waals surface area contributed by atoms with Crippen LogP contribution in [0.1, 0.15) is 31.7 Å². The molecule has 1 amide bonds. The molecule has 1 heterocycles. The third-order valence-electron chi connectivity index (χ3n) is 4.83. The van der Waals surface area contributed by atoms with E-state index in [1.54, 1.807) is 0 Å². The molecule has 2 rings (SSSR count). The zero-order valence-corrected chi connectivity index (χ0v) is 15.4. The van der Waals surface area contributed by atoms with Gasteiger partial charge in [0.2, 0.25) is 5.91 Å². The molecule has 152 valence electrons. The summed E-state index contributed by atoms with van der Waals surface area (Å²) < 4.78 is 43.2. The average molecular weight is 388 g/mol. The summed E-state index contributed by atoms with van der Waals surface area (Å²) in [5, 5.41) is 15.9. The Hall–Kier alpha value is -1.80. The normalized spacial score (nSPS) is 18.0. The molecular formula is C19H27F3N2O3. The minimum Gasteiger partial charge on any atom is -0.491 e. The van der Waals surface area contributed by atoms with E-state index in [9.17, 15) is 23.1 Å². The Morgan fingerprint density at radius 1 is 1.37 bits per heavy atom. The number of nitrogens with one attached hydrogen (secondary N) is 2. The molecule has 1 aliphatic rings. The molecule has 8 heteroatoms. The third-order valence-corrected chi connectivity index (χ3v) is 4.83. The lowest BCUT2D eigenvalue weighted by Crippen LogP contribution is -2.37. The van der Waals surface area contributed by atoms with Gasteiger partial charge in [-0.3, -0.25) is 4.79 Å². The fourth-order valence-electron chi connectivity index (χ4n) is 3.19. The topological polar surface area (TPSA) is 70.6 Å². The summed E-state index contributed by atoms with van der Waals surface area (Å²) in [6.07, 6.45) is -2.94. The van der Waals surface area contributed by atoms with Crippen LogP contribution >= 0.6 is 0 Å². The van der Waals surface area contributed by atoms with Crippen LogP contribution in [0.25, 0.3) is 0 Å². The van der Waals surface area contributed by atoms with Crippen LogP contribution in [0, 0.1) is 11.8 Å². The molecule has 0 radical (unpaired) electrons. The molecular weight excluding hydrogens is 361 g/mol. The monoisotopic (exact) mass is 388 g/mol. The lowest BCUT2D eigenvalue weighted by atomic mass is 9.84. The second kappa shape index (κ2) is 9.94. The summed E-state index contributed by atoms with van der Waals surface area (Å²) in [7, 11) is 0. The van der Waals surface area contributed by atoms with Gasteiger partial charge in [0.1, 0.15) is 18.5 Å². The molecule has 0 bridgehead atoms. The number of carbonyl (C=O) groups is 1. The number of amides is 1. The quantitative estimate of drug-likeness (QED) is 0.640. The SMILES string of the molecule is CC(CC(=O)NCC(O)COc1cccc(C(F)(F)F)c1)C1CCNCC1. The highest BCUT2D eigenvalue weighted by Crippen LogP contribution is 2.31. The Balaban J connectivity index is 1.69. The predicted octanol–water partition coefficient (Wildman–Crippen LogP) is 2.59. The van der Waals surface area contributed by atoms with Crippen molar-refractivity contribution >= 4 is 5.91 Å². The molecule has 0 saturated carbocycles. The van der Waals surface area contributed by atoms with Crippen molar-refractivity contribution in [2.45, 2.75) is 38.5 Å². The Morgan fingerprint density at radius 3 is 2.74 bits per heavy atom. The Labute approximate surface area is 157 Å². The van der Waals surface area contributed by atoms with E-state index in [1.165, 1.54) is 12.1 Å². The lowest BCUT2D eigenvalue weighted by Gasteiger charge is -2.28. The smallest absolute Gasteiger partial charge is 0.416 e. The molecule has 0 spiro atoms. The van der Waals surface area contributed by atoms with Crippen molar-refractivity contribution in [2.75, 3.05) is 26.2 Å². The van der Waals surface area contributed by atoms with Crippen molar-refractivity contribution in [1.29, 1.82) is 0 Å². The number of aliphatic hydroxyl groups is 1. The van der Waals surface area contributed by atoms with E-state index in [0.29, 0.717) is 12.3 Å². The summed E-state index contributed by atoms with van der Waals surface area (Å²) in [5.74, 6) is 0.672. The summed E-state index contributed by atoms with van der Waals surface area (Å²) in [6, 6.07) is 4.47. The van der Waals surface area contributed by atoms with Crippen molar-refractivity contribution in [2.24, 2.45) is 11.8 Å². The first-order valence-electron chi connectivity index (χ1n) is 9.21. The van der Waals surface area contributed by atoms with Crippen LogP contribution in [0.15, 0.2) is 24.3 Å². The van der Waals surface area contributed by atoms with Gasteiger partial charge in [0.25, 0.3) is 0 Å². The van der Waals surface area contributed by atoms with Gasteiger partial charge >= 0.3 is 6.18 Å². The third kappa shape index (κ3) is 7.38. The van der Waals surface area contributed by atoms with Gasteiger partial charge in [-0.1, -0.05) is 13.0 Å². The maximum atomic E-state index is 12.7. The molecule has 5 nitrogen and oxygen atoms in total. The summed E-state index contributed by atoms with van der Waals surface area (Å²) in [5.41, 5.74) is -0.810. The van der Waals surface area contributed by atoms with Crippen LogP contribution in [0.2, 0.25) is 0 Å². The molecule has 1 aliphatic heterocycles. The van der Waals surface area contributed by atoms with Crippen LogP contribution in [-0.4, -0.2) is 43.4 Å². The molecule has 0 aliphatic carbocycles. The van der Waals surface area contributed by atoms with Crippen LogP contribution in [0.5, 0.6) is 5.75 Å². The van der Waals surface area contributed by atoms with Crippen molar-refractivity contribution in [3.63, 3.8) is 0 Å². The Morgan fingerprint density at radius 2 is 2.07 bits per heavy atom. The van der Waals surface area contributed by atoms with Gasteiger partial charge in [-0.15, -0.1) is 0 Å². The number of hydrogen-bond acceptors (Lipinski definition) is 4. The maximum absolute atomic E-state index is 12.7. The zero-order chi connectivity index (χ0) is 19.9. The molecule has 1 aromatic rings. The predicted molar refractivity (Wildman–Crippen MR) is 95.3 cm³/mol. The number of alkyl halides is 3. The average Bonchev–Trinajstić information content (AvgIpc) is 2.65. The maximum Gasteiger partial charge on any atom is 0.416 e. The Kier molecular flexibility index (Phi) is 7.91. The van der Waals surface area contributed by atoms with E-state index in [0.717, 1.165) is 38.1 Å². The number of halogens is 3. The largest absolute Gasteiger partial charge is 0.491 e. The zero-order valence-electron chi connectivity index (χ0n) is 15.4. The van der Waals surface area contributed by atoms with Gasteiger partial charge < -0.3 is 20.5 Å². The van der Waals surface area contributed by atoms with Gasteiger partial charge in [-0.2, -0.15) is 13.2 Å². The van der Waals surface area contributed by atoms with Crippen LogP contribution in [0.4, 0.5) is 13.2 Å². The van der Waals surface area contributed by atoms with E-state index in [4.69, 9.17) is 4.74 Å². The Bertz CT molecular complexity index is 604. The number of piperidine rings is 1. The lowest BCUT2D eigenvalue weighted by molar-refractivity contribution is -0.137. The van der Waals surface area contributed by atoms with Gasteiger partial charge in [-0.25, -0.2) is 0 Å². The van der Waals surface area contributed by atoms with E-state index in [-0.39, 0.29) is 30.7 Å². The molecule has 2 unspecified atom stereocenters. The highest BCUT2D eigenvalue weighted by Gasteiger charge is 2.30. The number of aliphatic hydroxyl groups excluding tert-OH is 1. The first kappa shape index (κ1) is 21.5. The minimum absolute atomic E-state index is 0.00324. The van der Waals surface area contributed by atoms with E-state index < -0.39 is 17.8 Å². The summed E-state index contributed by atoms with van der Waals surface area (Å²) in [4.78, 5) is 12.0. The second-order valence-corrected chi connectivity index (χ2v) is 7.06. The first-order chi connectivity index (χ1) is 12.8. The summed E-state index contributed by atoms with van der Waals surface area (Å²) in [6.45, 7) is 3.80. The standard InChI is InChI=1S/C19H27F3N2O3/c1-13(14-5-7-23-8-6-14)9-18(26)24-11-16(25)12-27-17-4-2-3-15(10-17)19(20,21)22/h2-4,10,13-14,16,23,25H,5-9,11-12H2,1H3,(H,24,26). The van der Waals surface area contributed by atoms with Crippen LogP contribution in [0.3, 0.4) is 0 Å². The molecule has 1 saturated heterocycles. The minimum atomic E-state index is -4.45. The molecule has 0 aromatic heterocycles. The highest BCUT2D eigenvalue weighted by molar-refractivity contribution is 5.76. The van der Waals surface area contributed by atoms with Crippen molar-refractivity contribution in [3.05, 3.63) is 29.8 Å². The molecule has 27 heavy (non-hydrogen) atoms.